The van der Waals surface area contributed by atoms with Gasteiger partial charge in [-0.1, -0.05) is 138 Å². The van der Waals surface area contributed by atoms with Crippen molar-refractivity contribution in [1.82, 2.24) is 0 Å². The van der Waals surface area contributed by atoms with Crippen LogP contribution >= 0.6 is 15.8 Å². The first-order valence-corrected chi connectivity index (χ1v) is 24.0. The molecule has 0 amide bonds. The van der Waals surface area contributed by atoms with Gasteiger partial charge >= 0.3 is 114 Å². The molecule has 1 nitrogen and oxygen atoms in total. The second-order valence-electron chi connectivity index (χ2n) is 16.1. The van der Waals surface area contributed by atoms with Crippen molar-refractivity contribution in [3.05, 3.63) is 6.65 Å². The maximum Gasteiger partial charge on any atom is 1.00 e. The molecule has 0 N–H and O–H groups in total. The van der Waals surface area contributed by atoms with Crippen molar-refractivity contribution in [2.24, 2.45) is 0 Å². The molecular formula is C41H79BK2OP2Ru+. The minimum absolute atomic E-state index is 0. The zero-order chi connectivity index (χ0) is 32.9. The van der Waals surface area contributed by atoms with Crippen LogP contribution in [0.2, 0.25) is 17.5 Å². The van der Waals surface area contributed by atoms with E-state index in [9.17, 15) is 0 Å². The van der Waals surface area contributed by atoms with Crippen molar-refractivity contribution in [3.8, 4) is 0 Å². The van der Waals surface area contributed by atoms with Crippen LogP contribution in [0.1, 0.15) is 202 Å². The van der Waals surface area contributed by atoms with E-state index in [-0.39, 0.29) is 122 Å². The van der Waals surface area contributed by atoms with Crippen molar-refractivity contribution in [3.63, 3.8) is 0 Å². The summed E-state index contributed by atoms with van der Waals surface area (Å²) in [4.78, 5) is 0. The van der Waals surface area contributed by atoms with Gasteiger partial charge in [0, 0.05) is 19.5 Å². The molecule has 4 aliphatic rings. The van der Waals surface area contributed by atoms with E-state index in [1.54, 1.807) is 128 Å². The van der Waals surface area contributed by atoms with Gasteiger partial charge in [-0.3, -0.25) is 0 Å². The third-order valence-corrected chi connectivity index (χ3v) is 20.6. The van der Waals surface area contributed by atoms with Crippen LogP contribution < -0.4 is 103 Å². The summed E-state index contributed by atoms with van der Waals surface area (Å²) in [5.41, 5.74) is 4.70. The molecule has 0 spiro atoms. The second kappa shape index (κ2) is 34.8. The molecule has 3 atom stereocenters. The summed E-state index contributed by atoms with van der Waals surface area (Å²) in [7, 11) is 0.701. The van der Waals surface area contributed by atoms with Crippen LogP contribution in [0.15, 0.2) is 0 Å². The molecule has 3 unspecified atom stereocenters. The van der Waals surface area contributed by atoms with Gasteiger partial charge in [-0.25, -0.2) is 0 Å². The Labute approximate surface area is 404 Å². The molecule has 48 heavy (non-hydrogen) atoms. The first-order chi connectivity index (χ1) is 22.0. The van der Waals surface area contributed by atoms with Crippen molar-refractivity contribution < 1.29 is 127 Å². The quantitative estimate of drug-likeness (QED) is 0.0517. The zero-order valence-electron chi connectivity index (χ0n) is 33.9. The van der Waals surface area contributed by atoms with E-state index in [4.69, 9.17) is 4.65 Å². The van der Waals surface area contributed by atoms with Gasteiger partial charge in [-0.2, -0.15) is 17.5 Å². The van der Waals surface area contributed by atoms with E-state index >= 15 is 0 Å². The van der Waals surface area contributed by atoms with E-state index in [0.717, 1.165) is 24.2 Å². The van der Waals surface area contributed by atoms with Gasteiger partial charge in [0.2, 0.25) is 0 Å². The van der Waals surface area contributed by atoms with Crippen LogP contribution in [0.3, 0.4) is 0 Å². The van der Waals surface area contributed by atoms with Gasteiger partial charge in [0.05, 0.1) is 0 Å². The van der Waals surface area contributed by atoms with Gasteiger partial charge in [0.25, 0.3) is 0 Å². The van der Waals surface area contributed by atoms with Crippen molar-refractivity contribution in [2.45, 2.75) is 242 Å². The normalized spacial score (nSPS) is 21.7. The average molecular weight is 840 g/mol. The summed E-state index contributed by atoms with van der Waals surface area (Å²) in [6.07, 6.45) is 42.1. The smallest absolute Gasteiger partial charge is 0 e. The summed E-state index contributed by atoms with van der Waals surface area (Å²) in [5.74, 6) is 2.68. The van der Waals surface area contributed by atoms with Gasteiger partial charge in [0.1, 0.15) is 0 Å². The first-order valence-electron chi connectivity index (χ1n) is 20.7. The summed E-state index contributed by atoms with van der Waals surface area (Å²) in [6, 6.07) is 0. The Kier molecular flexibility index (Phi) is 39.6. The van der Waals surface area contributed by atoms with Crippen molar-refractivity contribution in [2.75, 3.05) is 12.3 Å². The monoisotopic (exact) mass is 840 g/mol. The Bertz CT molecular complexity index is 623. The predicted octanol–water partition coefficient (Wildman–Crippen LogP) is 8.91. The fraction of sp³-hybridized carbons (Fsp3) is 0.976. The van der Waals surface area contributed by atoms with E-state index in [2.05, 4.69) is 48.2 Å². The second-order valence-corrected chi connectivity index (χ2v) is 22.0. The molecule has 1 radical (unpaired) electrons. The molecule has 0 heterocycles. The molecule has 0 bridgehead atoms. The first kappa shape index (κ1) is 54.7. The van der Waals surface area contributed by atoms with Crippen LogP contribution in [0, 0.1) is 6.65 Å². The SMILES string of the molecule is C1CCC(P(CCCCP(C2CCCCC2)C2CCCCC2)C2CCCCC2)CC1.CCC(C)[B-](C(C)CC)C(C)CC.[C-]#[O+].[K+].[K+].[Ru]. The Morgan fingerprint density at radius 1 is 0.479 bits per heavy atom. The molecular weight excluding hydrogens is 760 g/mol. The number of unbranched alkanes of at least 4 members (excludes halogenated alkanes) is 1. The van der Waals surface area contributed by atoms with Crippen LogP contribution in [0.25, 0.3) is 0 Å². The number of rotatable bonds is 15. The van der Waals surface area contributed by atoms with Crippen LogP contribution in [0.5, 0.6) is 0 Å². The number of hydrogen-bond acceptors (Lipinski definition) is 0. The Morgan fingerprint density at radius 3 is 0.875 bits per heavy atom. The predicted molar refractivity (Wildman–Crippen MR) is 209 cm³/mol. The third kappa shape index (κ3) is 20.6. The summed E-state index contributed by atoms with van der Waals surface area (Å²) in [5, 5.41) is 0. The standard InChI is InChI=1S/C28H52P2.C12H27B.CO.2K.Ru/c1-5-15-25(16-6-1)29(26-17-7-2-8-18-26)23-13-14-24-30(27-19-9-3-10-20-27)28-21-11-4-12-22-28;1-7-10(4)13(11(5)8-2)12(6)9-3;1-2;;;/h25-28H,1-24H2;10-12H,7-9H2,1-6H3;;;;/q;-1;;2*+1;. The molecule has 4 aliphatic carbocycles. The minimum atomic E-state index is 0. The van der Waals surface area contributed by atoms with E-state index in [1.165, 1.54) is 67.6 Å². The largest absolute Gasteiger partial charge is 1.00 e. The van der Waals surface area contributed by atoms with E-state index < -0.39 is 0 Å². The Hall–Kier alpha value is 4.56. The molecule has 0 aromatic carbocycles. The van der Waals surface area contributed by atoms with Gasteiger partial charge < -0.3 is 0 Å². The minimum Gasteiger partial charge on any atom is 0 e. The maximum atomic E-state index is 7.50. The molecule has 0 aromatic rings. The van der Waals surface area contributed by atoms with Crippen molar-refractivity contribution in [1.29, 1.82) is 0 Å². The van der Waals surface area contributed by atoms with E-state index in [0.29, 0.717) is 15.8 Å². The molecule has 0 aromatic heterocycles. The average Bonchev–Trinajstić information content (AvgIpc) is 3.12. The Balaban J connectivity index is 0. The zero-order valence-corrected chi connectivity index (χ0v) is 43.6. The third-order valence-electron chi connectivity index (χ3n) is 13.2. The molecule has 4 rings (SSSR count). The van der Waals surface area contributed by atoms with Gasteiger partial charge in [-0.05, 0) is 99.2 Å². The molecule has 4 fully saturated rings. The van der Waals surface area contributed by atoms with Crippen LogP contribution in [-0.2, 0) is 24.1 Å². The van der Waals surface area contributed by atoms with Crippen LogP contribution in [-0.4, -0.2) is 41.7 Å². The molecule has 0 aliphatic heterocycles. The molecule has 7 heteroatoms. The number of hydrogen-bond donors (Lipinski definition) is 0. The topological polar surface area (TPSA) is 19.9 Å². The molecule has 4 saturated carbocycles. The summed E-state index contributed by atoms with van der Waals surface area (Å²) < 4.78 is 7.50. The van der Waals surface area contributed by atoms with Gasteiger partial charge in [-0.15, -0.1) is 22.6 Å². The fourth-order valence-corrected chi connectivity index (χ4v) is 18.0. The summed E-state index contributed by atoms with van der Waals surface area (Å²) >= 11 is 0. The maximum absolute atomic E-state index is 7.50. The molecule has 271 valence electrons. The molecule has 0 saturated heterocycles. The van der Waals surface area contributed by atoms with Crippen LogP contribution in [0.4, 0.5) is 0 Å². The Morgan fingerprint density at radius 2 is 0.688 bits per heavy atom. The van der Waals surface area contributed by atoms with Gasteiger partial charge in [0.15, 0.2) is 0 Å². The fourth-order valence-electron chi connectivity index (χ4n) is 10.1. The van der Waals surface area contributed by atoms with E-state index in [1.807, 2.05) is 0 Å². The summed E-state index contributed by atoms with van der Waals surface area (Å²) in [6.45, 7) is 19.7. The van der Waals surface area contributed by atoms with Crippen molar-refractivity contribution >= 4 is 22.6 Å².